The molecule has 18 heavy (non-hydrogen) atoms. The fourth-order valence-electron chi connectivity index (χ4n) is 1.48. The van der Waals surface area contributed by atoms with Crippen molar-refractivity contribution in [2.75, 3.05) is 19.8 Å². The second kappa shape index (κ2) is 7.90. The molecule has 0 saturated heterocycles. The van der Waals surface area contributed by atoms with E-state index in [-0.39, 0.29) is 18.0 Å². The van der Waals surface area contributed by atoms with Crippen LogP contribution in [0.2, 0.25) is 0 Å². The molecule has 0 aromatic rings. The number of ether oxygens (including phenoxy) is 2. The van der Waals surface area contributed by atoms with Crippen LogP contribution in [0.15, 0.2) is 0 Å². The number of carbonyl (C=O) groups is 1. The fourth-order valence-corrected chi connectivity index (χ4v) is 1.48. The highest BCUT2D eigenvalue weighted by Gasteiger charge is 2.12. The summed E-state index contributed by atoms with van der Waals surface area (Å²) < 4.78 is 10.8. The monoisotopic (exact) mass is 258 g/mol. The van der Waals surface area contributed by atoms with E-state index in [9.17, 15) is 4.79 Å². The fraction of sp³-hybridized carbons (Fsp3) is 0.933. The Bertz CT molecular complexity index is 233. The van der Waals surface area contributed by atoms with Crippen molar-refractivity contribution < 1.29 is 14.3 Å². The molecule has 0 radical (unpaired) electrons. The molecule has 0 unspecified atom stereocenters. The molecule has 0 aromatic heterocycles. The highest BCUT2D eigenvalue weighted by atomic mass is 16.5. The third-order valence-electron chi connectivity index (χ3n) is 2.41. The Kier molecular flexibility index (Phi) is 7.72. The molecule has 3 nitrogen and oxygen atoms in total. The summed E-state index contributed by atoms with van der Waals surface area (Å²) >= 11 is 0. The quantitative estimate of drug-likeness (QED) is 0.624. The van der Waals surface area contributed by atoms with Gasteiger partial charge in [0, 0.05) is 6.42 Å². The van der Waals surface area contributed by atoms with E-state index in [0.29, 0.717) is 25.0 Å². The second-order valence-electron chi connectivity index (χ2n) is 6.97. The van der Waals surface area contributed by atoms with Gasteiger partial charge in [0.15, 0.2) is 5.78 Å². The normalized spacial score (nSPS) is 12.8. The van der Waals surface area contributed by atoms with Crippen LogP contribution in [-0.4, -0.2) is 31.2 Å². The minimum absolute atomic E-state index is 0.139. The van der Waals surface area contributed by atoms with Crippen molar-refractivity contribution in [2.45, 2.75) is 66.4 Å². The SMILES string of the molecule is CC(C)(C)CCCC(=O)COCCOC(C)(C)C. The zero-order valence-corrected chi connectivity index (χ0v) is 13.0. The molecule has 3 heteroatoms. The molecule has 0 aliphatic rings. The molecular formula is C15H30O3. The molecule has 0 rings (SSSR count). The molecule has 0 aromatic carbocycles. The van der Waals surface area contributed by atoms with E-state index >= 15 is 0 Å². The predicted molar refractivity (Wildman–Crippen MR) is 74.8 cm³/mol. The number of hydrogen-bond acceptors (Lipinski definition) is 3. The lowest BCUT2D eigenvalue weighted by Crippen LogP contribution is -2.22. The lowest BCUT2D eigenvalue weighted by molar-refractivity contribution is -0.124. The number of ketones is 1. The summed E-state index contributed by atoms with van der Waals surface area (Å²) in [5.41, 5.74) is 0.168. The van der Waals surface area contributed by atoms with E-state index < -0.39 is 0 Å². The van der Waals surface area contributed by atoms with Crippen LogP contribution in [0.4, 0.5) is 0 Å². The van der Waals surface area contributed by atoms with Crippen LogP contribution in [0.25, 0.3) is 0 Å². The highest BCUT2D eigenvalue weighted by molar-refractivity contribution is 5.79. The third kappa shape index (κ3) is 13.7. The Labute approximate surface area is 112 Å². The first kappa shape index (κ1) is 17.6. The molecule has 0 fully saturated rings. The zero-order valence-electron chi connectivity index (χ0n) is 13.0. The molecule has 0 amide bonds. The first-order valence-corrected chi connectivity index (χ1v) is 6.83. The average molecular weight is 258 g/mol. The molecule has 0 aliphatic carbocycles. The van der Waals surface area contributed by atoms with Gasteiger partial charge < -0.3 is 9.47 Å². The van der Waals surface area contributed by atoms with Gasteiger partial charge >= 0.3 is 0 Å². The standard InChI is InChI=1S/C15H30O3/c1-14(2,3)9-7-8-13(16)12-17-10-11-18-15(4,5)6/h7-12H2,1-6H3. The van der Waals surface area contributed by atoms with Gasteiger partial charge in [0.25, 0.3) is 0 Å². The summed E-state index contributed by atoms with van der Waals surface area (Å²) in [4.78, 5) is 11.5. The van der Waals surface area contributed by atoms with E-state index in [4.69, 9.17) is 9.47 Å². The van der Waals surface area contributed by atoms with Crippen LogP contribution >= 0.6 is 0 Å². The number of carbonyl (C=O) groups excluding carboxylic acids is 1. The van der Waals surface area contributed by atoms with E-state index in [2.05, 4.69) is 20.8 Å². The third-order valence-corrected chi connectivity index (χ3v) is 2.41. The van der Waals surface area contributed by atoms with Gasteiger partial charge in [-0.25, -0.2) is 0 Å². The lowest BCUT2D eigenvalue weighted by atomic mass is 9.89. The van der Waals surface area contributed by atoms with Crippen molar-refractivity contribution in [2.24, 2.45) is 5.41 Å². The van der Waals surface area contributed by atoms with Crippen molar-refractivity contribution in [3.63, 3.8) is 0 Å². The predicted octanol–water partition coefficient (Wildman–Crippen LogP) is 3.60. The molecular weight excluding hydrogens is 228 g/mol. The van der Waals surface area contributed by atoms with Gasteiger partial charge in [-0.3, -0.25) is 4.79 Å². The van der Waals surface area contributed by atoms with Crippen molar-refractivity contribution in [1.29, 1.82) is 0 Å². The minimum Gasteiger partial charge on any atom is -0.373 e. The van der Waals surface area contributed by atoms with Crippen LogP contribution in [-0.2, 0) is 14.3 Å². The molecule has 0 saturated carbocycles. The molecule has 0 spiro atoms. The van der Waals surface area contributed by atoms with Gasteiger partial charge in [0.1, 0.15) is 6.61 Å². The van der Waals surface area contributed by atoms with Crippen molar-refractivity contribution in [3.8, 4) is 0 Å². The van der Waals surface area contributed by atoms with Gasteiger partial charge in [0.2, 0.25) is 0 Å². The summed E-state index contributed by atoms with van der Waals surface area (Å²) in [6.45, 7) is 13.8. The Morgan fingerprint density at radius 3 is 2.11 bits per heavy atom. The molecule has 0 N–H and O–H groups in total. The smallest absolute Gasteiger partial charge is 0.158 e. The summed E-state index contributed by atoms with van der Waals surface area (Å²) in [6, 6.07) is 0. The maximum atomic E-state index is 11.5. The first-order chi connectivity index (χ1) is 8.10. The van der Waals surface area contributed by atoms with Crippen LogP contribution < -0.4 is 0 Å². The largest absolute Gasteiger partial charge is 0.373 e. The number of Topliss-reactive ketones (excluding diaryl/α,β-unsaturated/α-hetero) is 1. The molecule has 0 bridgehead atoms. The Morgan fingerprint density at radius 1 is 1.00 bits per heavy atom. The maximum absolute atomic E-state index is 11.5. The summed E-state index contributed by atoms with van der Waals surface area (Å²) in [6.07, 6.45) is 2.65. The second-order valence-corrected chi connectivity index (χ2v) is 6.97. The van der Waals surface area contributed by atoms with Crippen LogP contribution in [0.3, 0.4) is 0 Å². The van der Waals surface area contributed by atoms with Crippen LogP contribution in [0.5, 0.6) is 0 Å². The van der Waals surface area contributed by atoms with Gasteiger partial charge in [-0.15, -0.1) is 0 Å². The number of hydrogen-bond donors (Lipinski definition) is 0. The first-order valence-electron chi connectivity index (χ1n) is 6.83. The molecule has 0 heterocycles. The summed E-state index contributed by atoms with van der Waals surface area (Å²) in [5, 5.41) is 0. The van der Waals surface area contributed by atoms with E-state index in [1.807, 2.05) is 20.8 Å². The summed E-state index contributed by atoms with van der Waals surface area (Å²) in [5.74, 6) is 0.190. The summed E-state index contributed by atoms with van der Waals surface area (Å²) in [7, 11) is 0. The zero-order chi connectivity index (χ0) is 14.2. The lowest BCUT2D eigenvalue weighted by Gasteiger charge is -2.19. The van der Waals surface area contributed by atoms with E-state index in [1.54, 1.807) is 0 Å². The van der Waals surface area contributed by atoms with Crippen molar-refractivity contribution in [1.82, 2.24) is 0 Å². The Morgan fingerprint density at radius 2 is 1.61 bits per heavy atom. The van der Waals surface area contributed by atoms with Crippen molar-refractivity contribution in [3.05, 3.63) is 0 Å². The highest BCUT2D eigenvalue weighted by Crippen LogP contribution is 2.21. The average Bonchev–Trinajstić information content (AvgIpc) is 2.13. The Balaban J connectivity index is 3.44. The number of rotatable bonds is 8. The maximum Gasteiger partial charge on any atom is 0.158 e. The van der Waals surface area contributed by atoms with Gasteiger partial charge in [0.05, 0.1) is 18.8 Å². The van der Waals surface area contributed by atoms with Gasteiger partial charge in [-0.1, -0.05) is 20.8 Å². The van der Waals surface area contributed by atoms with Crippen LogP contribution in [0, 0.1) is 5.41 Å². The Hall–Kier alpha value is -0.410. The van der Waals surface area contributed by atoms with Crippen molar-refractivity contribution >= 4 is 5.78 Å². The van der Waals surface area contributed by atoms with Gasteiger partial charge in [-0.2, -0.15) is 0 Å². The van der Waals surface area contributed by atoms with Crippen LogP contribution in [0.1, 0.15) is 60.8 Å². The van der Waals surface area contributed by atoms with E-state index in [1.165, 1.54) is 0 Å². The molecule has 108 valence electrons. The molecule has 0 atom stereocenters. The topological polar surface area (TPSA) is 35.5 Å². The molecule has 0 aliphatic heterocycles. The van der Waals surface area contributed by atoms with E-state index in [0.717, 1.165) is 12.8 Å². The minimum atomic E-state index is -0.139. The van der Waals surface area contributed by atoms with Gasteiger partial charge in [-0.05, 0) is 39.0 Å².